The first-order chi connectivity index (χ1) is 5.16. The van der Waals surface area contributed by atoms with Gasteiger partial charge in [-0.1, -0.05) is 0 Å². The minimum Gasteiger partial charge on any atom is -0.481 e. The van der Waals surface area contributed by atoms with Gasteiger partial charge in [0.2, 0.25) is 0 Å². The minimum atomic E-state index is -1.09. The second-order valence-corrected chi connectivity index (χ2v) is 2.80. The molecule has 1 rings (SSSR count). The van der Waals surface area contributed by atoms with E-state index < -0.39 is 11.9 Å². The monoisotopic (exact) mass is 157 g/mol. The van der Waals surface area contributed by atoms with E-state index in [1.54, 1.807) is 0 Å². The van der Waals surface area contributed by atoms with Crippen molar-refractivity contribution >= 4 is 11.8 Å². The Morgan fingerprint density at radius 3 is 2.36 bits per heavy atom. The fraction of sp³-hybridized carbons (Fsp3) is 0.714. The van der Waals surface area contributed by atoms with Crippen molar-refractivity contribution in [2.45, 2.75) is 12.8 Å². The maximum Gasteiger partial charge on any atom is 0.315 e. The number of carboxylic acid groups (broad SMARTS) is 1. The smallest absolute Gasteiger partial charge is 0.315 e. The highest BCUT2D eigenvalue weighted by Gasteiger charge is 2.37. The molecule has 1 atom stereocenters. The minimum absolute atomic E-state index is 0.0142. The highest BCUT2D eigenvalue weighted by atomic mass is 16.4. The average molecular weight is 157 g/mol. The van der Waals surface area contributed by atoms with E-state index in [-0.39, 0.29) is 18.2 Å². The lowest BCUT2D eigenvalue weighted by molar-refractivity contribution is -0.146. The lowest BCUT2D eigenvalue weighted by Gasteiger charge is -2.05. The van der Waals surface area contributed by atoms with Gasteiger partial charge in [-0.05, 0) is 12.8 Å². The largest absolute Gasteiger partial charge is 0.481 e. The Labute approximate surface area is 64.4 Å². The zero-order valence-corrected chi connectivity index (χ0v) is 6.12. The van der Waals surface area contributed by atoms with Gasteiger partial charge in [-0.3, -0.25) is 9.59 Å². The van der Waals surface area contributed by atoms with Crippen LogP contribution in [0.5, 0.6) is 0 Å². The van der Waals surface area contributed by atoms with Crippen molar-refractivity contribution in [3.05, 3.63) is 0 Å². The SMILES string of the molecule is NCC(C(=O)O)C(=O)C1CC1. The Hall–Kier alpha value is -0.900. The standard InChI is InChI=1S/C7H11NO3/c8-3-5(7(10)11)6(9)4-1-2-4/h4-5H,1-3,8H2,(H,10,11). The van der Waals surface area contributed by atoms with E-state index in [1.165, 1.54) is 0 Å². The number of Topliss-reactive ketones (excluding diaryl/α,β-unsaturated/α-hetero) is 1. The topological polar surface area (TPSA) is 80.4 Å². The van der Waals surface area contributed by atoms with Crippen molar-refractivity contribution in [2.75, 3.05) is 6.54 Å². The van der Waals surface area contributed by atoms with Gasteiger partial charge in [-0.15, -0.1) is 0 Å². The first-order valence-corrected chi connectivity index (χ1v) is 3.63. The molecule has 4 nitrogen and oxygen atoms in total. The Morgan fingerprint density at radius 1 is 1.55 bits per heavy atom. The lowest BCUT2D eigenvalue weighted by Crippen LogP contribution is -2.32. The third-order valence-corrected chi connectivity index (χ3v) is 1.86. The molecule has 62 valence electrons. The predicted octanol–water partition coefficient (Wildman–Crippen LogP) is -0.375. The van der Waals surface area contributed by atoms with Crippen molar-refractivity contribution in [3.63, 3.8) is 0 Å². The second-order valence-electron chi connectivity index (χ2n) is 2.80. The van der Waals surface area contributed by atoms with Crippen LogP contribution >= 0.6 is 0 Å². The fourth-order valence-electron chi connectivity index (χ4n) is 0.991. The third kappa shape index (κ3) is 1.77. The molecule has 0 spiro atoms. The normalized spacial score (nSPS) is 19.4. The van der Waals surface area contributed by atoms with E-state index in [1.807, 2.05) is 0 Å². The van der Waals surface area contributed by atoms with Gasteiger partial charge in [0.15, 0.2) is 5.78 Å². The molecule has 0 aromatic carbocycles. The molecule has 0 saturated heterocycles. The molecule has 11 heavy (non-hydrogen) atoms. The van der Waals surface area contributed by atoms with Crippen LogP contribution in [0.15, 0.2) is 0 Å². The van der Waals surface area contributed by atoms with Crippen molar-refractivity contribution < 1.29 is 14.7 Å². The molecule has 3 N–H and O–H groups in total. The van der Waals surface area contributed by atoms with Gasteiger partial charge in [0.1, 0.15) is 5.92 Å². The summed E-state index contributed by atoms with van der Waals surface area (Å²) in [5.41, 5.74) is 5.14. The molecule has 1 saturated carbocycles. The molecular weight excluding hydrogens is 146 g/mol. The molecule has 0 aliphatic heterocycles. The summed E-state index contributed by atoms with van der Waals surface area (Å²) in [5, 5.41) is 8.52. The van der Waals surface area contributed by atoms with Crippen LogP contribution in [0, 0.1) is 11.8 Å². The van der Waals surface area contributed by atoms with E-state index in [0.717, 1.165) is 12.8 Å². The number of carbonyl (C=O) groups excluding carboxylic acids is 1. The summed E-state index contributed by atoms with van der Waals surface area (Å²) in [6.07, 6.45) is 1.67. The number of carbonyl (C=O) groups is 2. The van der Waals surface area contributed by atoms with Crippen LogP contribution in [0.1, 0.15) is 12.8 Å². The maximum absolute atomic E-state index is 11.1. The number of nitrogens with two attached hydrogens (primary N) is 1. The van der Waals surface area contributed by atoms with E-state index in [9.17, 15) is 9.59 Å². The zero-order valence-electron chi connectivity index (χ0n) is 6.12. The summed E-state index contributed by atoms with van der Waals surface area (Å²) < 4.78 is 0. The number of carboxylic acids is 1. The number of ketones is 1. The van der Waals surface area contributed by atoms with Crippen molar-refractivity contribution in [3.8, 4) is 0 Å². The van der Waals surface area contributed by atoms with Crippen LogP contribution < -0.4 is 5.73 Å². The number of rotatable bonds is 4. The summed E-state index contributed by atoms with van der Waals surface area (Å²) in [5.74, 6) is -2.27. The van der Waals surface area contributed by atoms with Crippen LogP contribution in [-0.4, -0.2) is 23.4 Å². The Morgan fingerprint density at radius 2 is 2.09 bits per heavy atom. The molecule has 1 fully saturated rings. The maximum atomic E-state index is 11.1. The van der Waals surface area contributed by atoms with E-state index >= 15 is 0 Å². The fourth-order valence-corrected chi connectivity index (χ4v) is 0.991. The summed E-state index contributed by atoms with van der Waals surface area (Å²) in [4.78, 5) is 21.5. The van der Waals surface area contributed by atoms with Crippen LogP contribution in [0.4, 0.5) is 0 Å². The molecule has 1 aliphatic rings. The van der Waals surface area contributed by atoms with Crippen LogP contribution in [0.2, 0.25) is 0 Å². The van der Waals surface area contributed by atoms with Crippen molar-refractivity contribution in [2.24, 2.45) is 17.6 Å². The molecule has 4 heteroatoms. The van der Waals surface area contributed by atoms with Crippen LogP contribution in [0.25, 0.3) is 0 Å². The Bertz CT molecular complexity index is 186. The van der Waals surface area contributed by atoms with Crippen molar-refractivity contribution in [1.29, 1.82) is 0 Å². The summed E-state index contributed by atoms with van der Waals surface area (Å²) >= 11 is 0. The van der Waals surface area contributed by atoms with Gasteiger partial charge in [0.25, 0.3) is 0 Å². The predicted molar refractivity (Wildman–Crippen MR) is 37.9 cm³/mol. The van der Waals surface area contributed by atoms with Crippen LogP contribution in [-0.2, 0) is 9.59 Å². The second kappa shape index (κ2) is 3.00. The molecule has 0 bridgehead atoms. The van der Waals surface area contributed by atoms with Crippen molar-refractivity contribution in [1.82, 2.24) is 0 Å². The molecule has 0 aromatic rings. The third-order valence-electron chi connectivity index (χ3n) is 1.86. The van der Waals surface area contributed by atoms with E-state index in [0.29, 0.717) is 0 Å². The lowest BCUT2D eigenvalue weighted by atomic mass is 10.0. The summed E-state index contributed by atoms with van der Waals surface area (Å²) in [6.45, 7) is -0.0787. The van der Waals surface area contributed by atoms with Gasteiger partial charge in [0.05, 0.1) is 0 Å². The van der Waals surface area contributed by atoms with E-state index in [4.69, 9.17) is 10.8 Å². The molecule has 0 heterocycles. The highest BCUT2D eigenvalue weighted by molar-refractivity contribution is 6.00. The first kappa shape index (κ1) is 8.20. The Kier molecular flexibility index (Phi) is 2.24. The number of hydrogen-bond acceptors (Lipinski definition) is 3. The Balaban J connectivity index is 2.52. The van der Waals surface area contributed by atoms with E-state index in [2.05, 4.69) is 0 Å². The summed E-state index contributed by atoms with van der Waals surface area (Å²) in [7, 11) is 0. The molecule has 1 aliphatic carbocycles. The van der Waals surface area contributed by atoms with Gasteiger partial charge in [0, 0.05) is 12.5 Å². The van der Waals surface area contributed by atoms with Gasteiger partial charge >= 0.3 is 5.97 Å². The summed E-state index contributed by atoms with van der Waals surface area (Å²) in [6, 6.07) is 0. The van der Waals surface area contributed by atoms with Gasteiger partial charge in [-0.25, -0.2) is 0 Å². The molecular formula is C7H11NO3. The van der Waals surface area contributed by atoms with Gasteiger partial charge in [-0.2, -0.15) is 0 Å². The molecule has 0 aromatic heterocycles. The highest BCUT2D eigenvalue weighted by Crippen LogP contribution is 2.32. The quantitative estimate of drug-likeness (QED) is 0.545. The number of aliphatic carboxylic acids is 1. The average Bonchev–Trinajstić information content (AvgIpc) is 2.68. The molecule has 0 radical (unpaired) electrons. The van der Waals surface area contributed by atoms with Gasteiger partial charge < -0.3 is 10.8 Å². The zero-order chi connectivity index (χ0) is 8.43. The molecule has 1 unspecified atom stereocenters. The van der Waals surface area contributed by atoms with Crippen LogP contribution in [0.3, 0.4) is 0 Å². The molecule has 0 amide bonds. The first-order valence-electron chi connectivity index (χ1n) is 3.63. The number of hydrogen-bond donors (Lipinski definition) is 2.